The second kappa shape index (κ2) is 6.02. The van der Waals surface area contributed by atoms with Crippen LogP contribution in [0.4, 0.5) is 5.69 Å². The molecule has 0 atom stereocenters. The highest BCUT2D eigenvalue weighted by Gasteiger charge is 2.05. The van der Waals surface area contributed by atoms with Crippen molar-refractivity contribution in [2.45, 2.75) is 4.34 Å². The van der Waals surface area contributed by atoms with Gasteiger partial charge in [-0.25, -0.2) is 9.38 Å². The van der Waals surface area contributed by atoms with Crippen molar-refractivity contribution < 1.29 is 4.92 Å². The first-order chi connectivity index (χ1) is 10.2. The maximum absolute atomic E-state index is 10.7. The highest BCUT2D eigenvalue weighted by molar-refractivity contribution is 8.00. The van der Waals surface area contributed by atoms with Crippen molar-refractivity contribution in [1.82, 2.24) is 4.98 Å². The third kappa shape index (κ3) is 3.26. The van der Waals surface area contributed by atoms with Gasteiger partial charge >= 0.3 is 0 Å². The van der Waals surface area contributed by atoms with E-state index in [1.807, 2.05) is 24.3 Å². The summed E-state index contributed by atoms with van der Waals surface area (Å²) in [5.74, 6) is 0. The molecule has 5 nitrogen and oxygen atoms in total. The van der Waals surface area contributed by atoms with Crippen molar-refractivity contribution in [2.75, 3.05) is 0 Å². The lowest BCUT2D eigenvalue weighted by atomic mass is 10.2. The van der Waals surface area contributed by atoms with E-state index in [0.29, 0.717) is 5.56 Å². The van der Waals surface area contributed by atoms with Crippen LogP contribution in [0.1, 0.15) is 5.56 Å². The number of rotatable bonds is 4. The molecule has 0 aliphatic rings. The quantitative estimate of drug-likeness (QED) is 0.311. The predicted molar refractivity (Wildman–Crippen MR) is 86.2 cm³/mol. The van der Waals surface area contributed by atoms with E-state index >= 15 is 0 Å². The van der Waals surface area contributed by atoms with Crippen molar-refractivity contribution in [2.24, 2.45) is 4.40 Å². The topological polar surface area (TPSA) is 68.4 Å². The fourth-order valence-electron chi connectivity index (χ4n) is 1.74. The number of para-hydroxylation sites is 1. The molecule has 0 N–H and O–H groups in total. The molecule has 0 aliphatic heterocycles. The number of hydrogen-bond donors (Lipinski definition) is 0. The highest BCUT2D eigenvalue weighted by Crippen LogP contribution is 2.29. The van der Waals surface area contributed by atoms with Gasteiger partial charge in [-0.2, -0.15) is 0 Å². The molecule has 7 heteroatoms. The Hall–Kier alpha value is -2.25. The average molecular weight is 315 g/mol. The van der Waals surface area contributed by atoms with Gasteiger partial charge in [-0.05, 0) is 12.1 Å². The largest absolute Gasteiger partial charge is 0.270 e. The summed E-state index contributed by atoms with van der Waals surface area (Å²) in [4.78, 5) is 14.7. The summed E-state index contributed by atoms with van der Waals surface area (Å²) in [7, 11) is 0. The Bertz CT molecular complexity index is 797. The highest BCUT2D eigenvalue weighted by atomic mass is 32.2. The van der Waals surface area contributed by atoms with Crippen LogP contribution in [0.15, 0.2) is 57.3 Å². The van der Waals surface area contributed by atoms with Crippen LogP contribution in [0, 0.1) is 10.1 Å². The van der Waals surface area contributed by atoms with E-state index in [4.69, 9.17) is 0 Å². The van der Waals surface area contributed by atoms with Gasteiger partial charge in [-0.15, -0.1) is 11.3 Å². The minimum absolute atomic E-state index is 0.0592. The fraction of sp³-hybridized carbons (Fsp3) is 0. The fourth-order valence-corrected chi connectivity index (χ4v) is 3.39. The molecule has 3 aromatic rings. The van der Waals surface area contributed by atoms with Crippen molar-refractivity contribution in [1.29, 1.82) is 0 Å². The zero-order chi connectivity index (χ0) is 14.7. The molecule has 2 aromatic carbocycles. The zero-order valence-electron chi connectivity index (χ0n) is 10.7. The molecule has 3 rings (SSSR count). The molecule has 1 aromatic heterocycles. The van der Waals surface area contributed by atoms with Gasteiger partial charge in [-0.3, -0.25) is 10.1 Å². The van der Waals surface area contributed by atoms with Crippen LogP contribution in [0.5, 0.6) is 0 Å². The third-order valence-corrected chi connectivity index (χ3v) is 4.45. The first kappa shape index (κ1) is 13.7. The van der Waals surface area contributed by atoms with E-state index in [2.05, 4.69) is 9.38 Å². The lowest BCUT2D eigenvalue weighted by Gasteiger charge is -1.93. The Morgan fingerprint density at radius 3 is 2.90 bits per heavy atom. The van der Waals surface area contributed by atoms with Gasteiger partial charge in [-0.1, -0.05) is 24.3 Å². The van der Waals surface area contributed by atoms with E-state index < -0.39 is 4.92 Å². The molecule has 104 valence electrons. The summed E-state index contributed by atoms with van der Waals surface area (Å²) >= 11 is 2.83. The SMILES string of the molecule is O=[N+]([O-])c1cccc(/C=N/Sc2nc3ccccc3s2)c1. The molecular weight excluding hydrogens is 306 g/mol. The molecule has 0 saturated heterocycles. The Morgan fingerprint density at radius 1 is 1.24 bits per heavy atom. The van der Waals surface area contributed by atoms with E-state index in [1.165, 1.54) is 24.1 Å². The lowest BCUT2D eigenvalue weighted by Crippen LogP contribution is -1.89. The van der Waals surface area contributed by atoms with Gasteiger partial charge in [0, 0.05) is 35.9 Å². The smallest absolute Gasteiger partial charge is 0.258 e. The third-order valence-electron chi connectivity index (χ3n) is 2.69. The van der Waals surface area contributed by atoms with E-state index in [1.54, 1.807) is 29.7 Å². The summed E-state index contributed by atoms with van der Waals surface area (Å²) in [5, 5.41) is 10.7. The number of nitro groups is 1. The minimum atomic E-state index is -0.419. The summed E-state index contributed by atoms with van der Waals surface area (Å²) in [6.07, 6.45) is 1.60. The van der Waals surface area contributed by atoms with Gasteiger partial charge < -0.3 is 0 Å². The minimum Gasteiger partial charge on any atom is -0.258 e. The first-order valence-corrected chi connectivity index (χ1v) is 7.62. The molecule has 0 radical (unpaired) electrons. The van der Waals surface area contributed by atoms with Crippen molar-refractivity contribution in [3.8, 4) is 0 Å². The molecular formula is C14H9N3O2S2. The molecule has 0 bridgehead atoms. The van der Waals surface area contributed by atoms with Gasteiger partial charge in [0.25, 0.3) is 5.69 Å². The van der Waals surface area contributed by atoms with Crippen molar-refractivity contribution in [3.05, 3.63) is 64.2 Å². The summed E-state index contributed by atoms with van der Waals surface area (Å²) in [6.45, 7) is 0. The Kier molecular flexibility index (Phi) is 3.94. The monoisotopic (exact) mass is 315 g/mol. The number of non-ortho nitro benzene ring substituents is 1. The Morgan fingerprint density at radius 2 is 2.10 bits per heavy atom. The number of benzene rings is 2. The molecule has 1 heterocycles. The zero-order valence-corrected chi connectivity index (χ0v) is 12.3. The number of nitro benzene ring substituents is 1. The summed E-state index contributed by atoms with van der Waals surface area (Å²) < 4.78 is 6.19. The van der Waals surface area contributed by atoms with Gasteiger partial charge in [0.2, 0.25) is 0 Å². The molecule has 21 heavy (non-hydrogen) atoms. The number of thiazole rings is 1. The summed E-state index contributed by atoms with van der Waals surface area (Å²) in [6, 6.07) is 14.3. The molecule has 0 amide bonds. The van der Waals surface area contributed by atoms with Crippen LogP contribution in [0.2, 0.25) is 0 Å². The standard InChI is InChI=1S/C14H9N3O2S2/c18-17(19)11-5-3-4-10(8-11)9-15-21-14-16-12-6-1-2-7-13(12)20-14/h1-9H/b15-9+. The van der Waals surface area contributed by atoms with Gasteiger partial charge in [0.15, 0.2) is 4.34 Å². The predicted octanol–water partition coefficient (Wildman–Crippen LogP) is 4.33. The Labute approximate surface area is 128 Å². The van der Waals surface area contributed by atoms with Gasteiger partial charge in [0.1, 0.15) is 0 Å². The Balaban J connectivity index is 1.74. The van der Waals surface area contributed by atoms with Crippen LogP contribution in [-0.4, -0.2) is 16.1 Å². The lowest BCUT2D eigenvalue weighted by molar-refractivity contribution is -0.384. The molecule has 0 aliphatic carbocycles. The van der Waals surface area contributed by atoms with Crippen molar-refractivity contribution >= 4 is 45.4 Å². The van der Waals surface area contributed by atoms with Gasteiger partial charge in [0.05, 0.1) is 15.1 Å². The normalized spacial score (nSPS) is 11.2. The van der Waals surface area contributed by atoms with Crippen LogP contribution < -0.4 is 0 Å². The number of fused-ring (bicyclic) bond motifs is 1. The first-order valence-electron chi connectivity index (χ1n) is 6.03. The molecule has 0 unspecified atom stereocenters. The van der Waals surface area contributed by atoms with Crippen LogP contribution in [0.25, 0.3) is 10.2 Å². The second-order valence-electron chi connectivity index (χ2n) is 4.13. The van der Waals surface area contributed by atoms with Crippen LogP contribution in [0.3, 0.4) is 0 Å². The molecule has 0 fully saturated rings. The van der Waals surface area contributed by atoms with E-state index in [0.717, 1.165) is 14.6 Å². The maximum Gasteiger partial charge on any atom is 0.270 e. The number of hydrogen-bond acceptors (Lipinski definition) is 6. The number of aromatic nitrogens is 1. The van der Waals surface area contributed by atoms with Crippen molar-refractivity contribution in [3.63, 3.8) is 0 Å². The summed E-state index contributed by atoms with van der Waals surface area (Å²) in [5.41, 5.74) is 1.71. The molecule has 0 spiro atoms. The van der Waals surface area contributed by atoms with Crippen LogP contribution in [-0.2, 0) is 0 Å². The van der Waals surface area contributed by atoms with Crippen LogP contribution >= 0.6 is 23.3 Å². The molecule has 0 saturated carbocycles. The number of nitrogens with zero attached hydrogens (tertiary/aromatic N) is 3. The van der Waals surface area contributed by atoms with E-state index in [9.17, 15) is 10.1 Å². The van der Waals surface area contributed by atoms with E-state index in [-0.39, 0.29) is 5.69 Å². The maximum atomic E-state index is 10.7. The average Bonchev–Trinajstić information content (AvgIpc) is 2.90. The second-order valence-corrected chi connectivity index (χ2v) is 6.19.